The molecule has 0 fully saturated rings. The van der Waals surface area contributed by atoms with Crippen molar-refractivity contribution >= 4 is 16.8 Å². The lowest BCUT2D eigenvalue weighted by molar-refractivity contribution is 0.101. The predicted molar refractivity (Wildman–Crippen MR) is 65.9 cm³/mol. The van der Waals surface area contributed by atoms with Gasteiger partial charge in [0.05, 0.1) is 0 Å². The fraction of sp³-hybridized carbons (Fsp3) is 0. The van der Waals surface area contributed by atoms with Crippen LogP contribution in [0.25, 0.3) is 11.0 Å². The molecule has 0 spiro atoms. The highest BCUT2D eigenvalue weighted by atomic mass is 19.2. The average molecular weight is 294 g/mol. The Morgan fingerprint density at radius 3 is 2.19 bits per heavy atom. The summed E-state index contributed by atoms with van der Waals surface area (Å²) in [4.78, 5) is 12.1. The summed E-state index contributed by atoms with van der Waals surface area (Å²) in [5.41, 5.74) is -0.560. The highest BCUT2D eigenvalue weighted by molar-refractivity contribution is 6.09. The maximum atomic E-state index is 13.5. The Morgan fingerprint density at radius 2 is 1.57 bits per heavy atom. The third kappa shape index (κ3) is 2.18. The quantitative estimate of drug-likeness (QED) is 0.402. The highest BCUT2D eigenvalue weighted by Gasteiger charge is 2.20. The minimum atomic E-state index is -1.66. The molecule has 0 aliphatic rings. The molecule has 0 radical (unpaired) electrons. The number of carbonyl (C=O) groups excluding carboxylic acids is 1. The van der Waals surface area contributed by atoms with Crippen molar-refractivity contribution in [2.45, 2.75) is 0 Å². The van der Waals surface area contributed by atoms with Crippen LogP contribution in [-0.4, -0.2) is 5.78 Å². The SMILES string of the molecule is O=C(c1cc(F)c(F)c(F)c1)c1cc2cccc(F)c2o1. The van der Waals surface area contributed by atoms with Crippen molar-refractivity contribution in [3.63, 3.8) is 0 Å². The number of ketones is 1. The van der Waals surface area contributed by atoms with E-state index in [0.717, 1.165) is 6.07 Å². The van der Waals surface area contributed by atoms with Crippen LogP contribution in [-0.2, 0) is 0 Å². The second-order valence-electron chi connectivity index (χ2n) is 4.35. The van der Waals surface area contributed by atoms with Crippen molar-refractivity contribution in [3.05, 3.63) is 71.0 Å². The molecule has 3 rings (SSSR count). The molecular weight excluding hydrogens is 288 g/mol. The summed E-state index contributed by atoms with van der Waals surface area (Å²) in [6.07, 6.45) is 0. The monoisotopic (exact) mass is 294 g/mol. The number of para-hydroxylation sites is 1. The molecule has 0 bridgehead atoms. The van der Waals surface area contributed by atoms with Gasteiger partial charge in [-0.1, -0.05) is 12.1 Å². The van der Waals surface area contributed by atoms with Crippen molar-refractivity contribution in [2.24, 2.45) is 0 Å². The summed E-state index contributed by atoms with van der Waals surface area (Å²) in [5, 5.41) is 0.335. The van der Waals surface area contributed by atoms with Gasteiger partial charge in [-0.3, -0.25) is 4.79 Å². The fourth-order valence-electron chi connectivity index (χ4n) is 1.97. The molecule has 106 valence electrons. The molecule has 0 N–H and O–H groups in total. The van der Waals surface area contributed by atoms with Crippen LogP contribution >= 0.6 is 0 Å². The average Bonchev–Trinajstić information content (AvgIpc) is 2.89. The zero-order valence-electron chi connectivity index (χ0n) is 10.3. The van der Waals surface area contributed by atoms with Gasteiger partial charge in [0, 0.05) is 10.9 Å². The van der Waals surface area contributed by atoms with Crippen LogP contribution in [0.1, 0.15) is 16.1 Å². The van der Waals surface area contributed by atoms with Crippen molar-refractivity contribution in [3.8, 4) is 0 Å². The lowest BCUT2D eigenvalue weighted by atomic mass is 10.1. The number of halogens is 4. The van der Waals surface area contributed by atoms with E-state index >= 15 is 0 Å². The predicted octanol–water partition coefficient (Wildman–Crippen LogP) is 4.22. The Morgan fingerprint density at radius 1 is 0.905 bits per heavy atom. The Labute approximate surface area is 115 Å². The number of fused-ring (bicyclic) bond motifs is 1. The smallest absolute Gasteiger partial charge is 0.228 e. The molecule has 0 unspecified atom stereocenters. The Bertz CT molecular complexity index is 844. The summed E-state index contributed by atoms with van der Waals surface area (Å²) in [6, 6.07) is 6.47. The van der Waals surface area contributed by atoms with Gasteiger partial charge in [-0.05, 0) is 24.3 Å². The molecule has 0 aliphatic carbocycles. The molecular formula is C15H6F4O2. The van der Waals surface area contributed by atoms with Crippen molar-refractivity contribution < 1.29 is 26.8 Å². The van der Waals surface area contributed by atoms with Gasteiger partial charge in [0.15, 0.2) is 34.6 Å². The van der Waals surface area contributed by atoms with Crippen molar-refractivity contribution in [2.75, 3.05) is 0 Å². The summed E-state index contributed by atoms with van der Waals surface area (Å²) in [5.74, 6) is -6.46. The van der Waals surface area contributed by atoms with E-state index in [-0.39, 0.29) is 11.3 Å². The first-order chi connectivity index (χ1) is 9.97. The number of hydrogen-bond acceptors (Lipinski definition) is 2. The summed E-state index contributed by atoms with van der Waals surface area (Å²) < 4.78 is 57.7. The molecule has 0 amide bonds. The van der Waals surface area contributed by atoms with E-state index in [0.29, 0.717) is 17.5 Å². The maximum absolute atomic E-state index is 13.5. The van der Waals surface area contributed by atoms with Gasteiger partial charge >= 0.3 is 0 Å². The molecule has 0 atom stereocenters. The Balaban J connectivity index is 2.10. The zero-order chi connectivity index (χ0) is 15.1. The van der Waals surface area contributed by atoms with Gasteiger partial charge < -0.3 is 4.42 Å². The molecule has 21 heavy (non-hydrogen) atoms. The van der Waals surface area contributed by atoms with E-state index < -0.39 is 34.6 Å². The summed E-state index contributed by atoms with van der Waals surface area (Å²) in [7, 11) is 0. The second-order valence-corrected chi connectivity index (χ2v) is 4.35. The lowest BCUT2D eigenvalue weighted by Crippen LogP contribution is -2.03. The van der Waals surface area contributed by atoms with Gasteiger partial charge in [-0.2, -0.15) is 0 Å². The fourth-order valence-corrected chi connectivity index (χ4v) is 1.97. The van der Waals surface area contributed by atoms with E-state index in [4.69, 9.17) is 4.42 Å². The van der Waals surface area contributed by atoms with Gasteiger partial charge in [-0.15, -0.1) is 0 Å². The van der Waals surface area contributed by atoms with Crippen LogP contribution < -0.4 is 0 Å². The van der Waals surface area contributed by atoms with Crippen LogP contribution in [0.5, 0.6) is 0 Å². The molecule has 1 heterocycles. The van der Waals surface area contributed by atoms with Crippen LogP contribution in [0.15, 0.2) is 40.8 Å². The van der Waals surface area contributed by atoms with Gasteiger partial charge in [0.25, 0.3) is 0 Å². The van der Waals surface area contributed by atoms with Gasteiger partial charge in [-0.25, -0.2) is 17.6 Å². The molecule has 6 heteroatoms. The minimum Gasteiger partial charge on any atom is -0.449 e. The third-order valence-corrected chi connectivity index (χ3v) is 2.97. The van der Waals surface area contributed by atoms with Crippen molar-refractivity contribution in [1.29, 1.82) is 0 Å². The van der Waals surface area contributed by atoms with Crippen LogP contribution in [0.2, 0.25) is 0 Å². The number of carbonyl (C=O) groups is 1. The molecule has 3 aromatic rings. The lowest BCUT2D eigenvalue weighted by Gasteiger charge is -2.00. The first kappa shape index (κ1) is 13.4. The van der Waals surface area contributed by atoms with E-state index in [9.17, 15) is 22.4 Å². The van der Waals surface area contributed by atoms with E-state index in [1.807, 2.05) is 0 Å². The molecule has 2 aromatic carbocycles. The Hall–Kier alpha value is -2.63. The second kappa shape index (κ2) is 4.73. The Kier molecular flexibility index (Phi) is 3.01. The maximum Gasteiger partial charge on any atom is 0.228 e. The van der Waals surface area contributed by atoms with Gasteiger partial charge in [0.2, 0.25) is 5.78 Å². The molecule has 0 saturated carbocycles. The van der Waals surface area contributed by atoms with Crippen LogP contribution in [0.3, 0.4) is 0 Å². The standard InChI is InChI=1S/C15H6F4O2/c16-9-3-1-2-7-6-12(21-15(7)9)14(20)8-4-10(17)13(19)11(18)5-8/h1-6H. The van der Waals surface area contributed by atoms with Crippen LogP contribution in [0.4, 0.5) is 17.6 Å². The summed E-state index contributed by atoms with van der Waals surface area (Å²) >= 11 is 0. The molecule has 0 aliphatic heterocycles. The highest BCUT2D eigenvalue weighted by Crippen LogP contribution is 2.24. The van der Waals surface area contributed by atoms with Crippen molar-refractivity contribution in [1.82, 2.24) is 0 Å². The summed E-state index contributed by atoms with van der Waals surface area (Å²) in [6.45, 7) is 0. The molecule has 0 saturated heterocycles. The van der Waals surface area contributed by atoms with Crippen LogP contribution in [0, 0.1) is 23.3 Å². The molecule has 2 nitrogen and oxygen atoms in total. The normalized spacial score (nSPS) is 11.0. The van der Waals surface area contributed by atoms with E-state index in [1.165, 1.54) is 18.2 Å². The first-order valence-electron chi connectivity index (χ1n) is 5.84. The number of hydrogen-bond donors (Lipinski definition) is 0. The van der Waals surface area contributed by atoms with E-state index in [1.54, 1.807) is 0 Å². The zero-order valence-corrected chi connectivity index (χ0v) is 10.3. The number of furan rings is 1. The largest absolute Gasteiger partial charge is 0.449 e. The van der Waals surface area contributed by atoms with Gasteiger partial charge in [0.1, 0.15) is 0 Å². The third-order valence-electron chi connectivity index (χ3n) is 2.97. The molecule has 1 aromatic heterocycles. The van der Waals surface area contributed by atoms with E-state index in [2.05, 4.69) is 0 Å². The topological polar surface area (TPSA) is 30.2 Å². The number of benzene rings is 2. The first-order valence-corrected chi connectivity index (χ1v) is 5.84. The number of rotatable bonds is 2. The minimum absolute atomic E-state index is 0.135.